The van der Waals surface area contributed by atoms with Gasteiger partial charge in [0.05, 0.1) is 16.6 Å². The van der Waals surface area contributed by atoms with Crippen LogP contribution in [0.5, 0.6) is 0 Å². The molecule has 16 heavy (non-hydrogen) atoms. The quantitative estimate of drug-likeness (QED) is 0.632. The largest absolute Gasteiger partial charge is 0.299 e. The highest BCUT2D eigenvalue weighted by Crippen LogP contribution is 2.24. The van der Waals surface area contributed by atoms with Gasteiger partial charge in [-0.2, -0.15) is 0 Å². The number of thiophene rings is 1. The number of hydrogen-bond acceptors (Lipinski definition) is 3. The van der Waals surface area contributed by atoms with Gasteiger partial charge in [-0.1, -0.05) is 6.07 Å². The van der Waals surface area contributed by atoms with Gasteiger partial charge < -0.3 is 0 Å². The lowest BCUT2D eigenvalue weighted by molar-refractivity contribution is 0.112. The molecule has 0 aromatic carbocycles. The molecule has 0 saturated heterocycles. The van der Waals surface area contributed by atoms with Crippen LogP contribution in [0.2, 0.25) is 0 Å². The molecule has 0 radical (unpaired) electrons. The van der Waals surface area contributed by atoms with E-state index in [0.717, 1.165) is 22.5 Å². The van der Waals surface area contributed by atoms with Gasteiger partial charge in [0.1, 0.15) is 6.29 Å². The van der Waals surface area contributed by atoms with Crippen molar-refractivity contribution in [2.24, 2.45) is 0 Å². The molecular weight excluding hydrogens is 220 g/mol. The van der Waals surface area contributed by atoms with Gasteiger partial charge in [0.15, 0.2) is 5.82 Å². The van der Waals surface area contributed by atoms with Gasteiger partial charge in [-0.3, -0.25) is 9.20 Å². The first-order valence-electron chi connectivity index (χ1n) is 4.84. The van der Waals surface area contributed by atoms with Gasteiger partial charge in [0.2, 0.25) is 0 Å². The minimum Gasteiger partial charge on any atom is -0.299 e. The summed E-state index contributed by atoms with van der Waals surface area (Å²) < 4.78 is 1.98. The molecule has 0 aliphatic rings. The molecular formula is C12H8N2OS. The number of carbonyl (C=O) groups excluding carboxylic acids is 1. The van der Waals surface area contributed by atoms with E-state index < -0.39 is 0 Å². The lowest BCUT2D eigenvalue weighted by Gasteiger charge is -1.98. The van der Waals surface area contributed by atoms with Crippen LogP contribution in [-0.2, 0) is 0 Å². The minimum atomic E-state index is 0.671. The smallest absolute Gasteiger partial charge is 0.154 e. The summed E-state index contributed by atoms with van der Waals surface area (Å²) in [6.07, 6.45) is 4.50. The third-order valence-electron chi connectivity index (χ3n) is 2.43. The molecule has 0 unspecified atom stereocenters. The van der Waals surface area contributed by atoms with E-state index in [9.17, 15) is 4.79 Å². The fourth-order valence-corrected chi connectivity index (χ4v) is 2.40. The van der Waals surface area contributed by atoms with E-state index in [1.54, 1.807) is 23.6 Å². The van der Waals surface area contributed by atoms with E-state index in [1.807, 2.05) is 34.2 Å². The molecule has 3 aromatic rings. The summed E-state index contributed by atoms with van der Waals surface area (Å²) in [5.41, 5.74) is 1.61. The molecule has 0 atom stereocenters. The van der Waals surface area contributed by atoms with Crippen LogP contribution < -0.4 is 0 Å². The molecule has 0 aliphatic heterocycles. The van der Waals surface area contributed by atoms with Gasteiger partial charge in [-0.05, 0) is 23.6 Å². The van der Waals surface area contributed by atoms with Crippen molar-refractivity contribution >= 4 is 23.1 Å². The summed E-state index contributed by atoms with van der Waals surface area (Å²) in [4.78, 5) is 16.2. The van der Waals surface area contributed by atoms with Crippen LogP contribution in [0, 0.1) is 0 Å². The Kier molecular flexibility index (Phi) is 2.08. The molecule has 0 spiro atoms. The maximum atomic E-state index is 10.7. The molecule has 0 bridgehead atoms. The molecule has 0 N–H and O–H groups in total. The van der Waals surface area contributed by atoms with E-state index in [4.69, 9.17) is 0 Å². The highest BCUT2D eigenvalue weighted by atomic mass is 32.1. The number of fused-ring (bicyclic) bond motifs is 1. The molecule has 3 rings (SSSR count). The van der Waals surface area contributed by atoms with Crippen molar-refractivity contribution in [2.75, 3.05) is 0 Å². The third-order valence-corrected chi connectivity index (χ3v) is 3.30. The lowest BCUT2D eigenvalue weighted by atomic mass is 10.3. The summed E-state index contributed by atoms with van der Waals surface area (Å²) >= 11 is 1.65. The Morgan fingerprint density at radius 1 is 1.38 bits per heavy atom. The number of rotatable bonds is 2. The highest BCUT2D eigenvalue weighted by Gasteiger charge is 2.06. The first-order valence-corrected chi connectivity index (χ1v) is 5.72. The van der Waals surface area contributed by atoms with Crippen LogP contribution in [0.25, 0.3) is 16.2 Å². The molecule has 0 amide bonds. The van der Waals surface area contributed by atoms with Gasteiger partial charge in [0.25, 0.3) is 0 Å². The molecule has 4 heteroatoms. The van der Waals surface area contributed by atoms with Crippen molar-refractivity contribution in [3.05, 3.63) is 47.6 Å². The van der Waals surface area contributed by atoms with E-state index in [-0.39, 0.29) is 0 Å². The summed E-state index contributed by atoms with van der Waals surface area (Å²) in [6, 6.07) is 7.66. The lowest BCUT2D eigenvalue weighted by Crippen LogP contribution is -1.88. The molecule has 0 aliphatic carbocycles. The van der Waals surface area contributed by atoms with Gasteiger partial charge >= 0.3 is 0 Å². The average molecular weight is 228 g/mol. The van der Waals surface area contributed by atoms with Crippen LogP contribution in [-0.4, -0.2) is 15.7 Å². The van der Waals surface area contributed by atoms with Crippen LogP contribution in [0.1, 0.15) is 10.4 Å². The van der Waals surface area contributed by atoms with Gasteiger partial charge in [-0.25, -0.2) is 4.98 Å². The van der Waals surface area contributed by atoms with Crippen molar-refractivity contribution < 1.29 is 4.79 Å². The Morgan fingerprint density at radius 2 is 2.31 bits per heavy atom. The maximum Gasteiger partial charge on any atom is 0.154 e. The second-order valence-corrected chi connectivity index (χ2v) is 4.38. The van der Waals surface area contributed by atoms with Crippen molar-refractivity contribution in [3.8, 4) is 10.7 Å². The number of hydrogen-bond donors (Lipinski definition) is 0. The number of nitrogens with zero attached hydrogens (tertiary/aromatic N) is 2. The summed E-state index contributed by atoms with van der Waals surface area (Å²) in [5, 5.41) is 2.02. The SMILES string of the molecule is O=Cc1ccn2c(-c3cccs3)ncc2c1. The molecule has 0 fully saturated rings. The van der Waals surface area contributed by atoms with Crippen LogP contribution in [0.3, 0.4) is 0 Å². The standard InChI is InChI=1S/C12H8N2OS/c15-8-9-3-4-14-10(6-9)7-13-12(14)11-2-1-5-16-11/h1-8H. The maximum absolute atomic E-state index is 10.7. The normalized spacial score (nSPS) is 10.8. The molecule has 3 aromatic heterocycles. The van der Waals surface area contributed by atoms with E-state index >= 15 is 0 Å². The molecule has 0 saturated carbocycles. The Morgan fingerprint density at radius 3 is 3.06 bits per heavy atom. The highest BCUT2D eigenvalue weighted by molar-refractivity contribution is 7.13. The predicted molar refractivity (Wildman–Crippen MR) is 63.9 cm³/mol. The van der Waals surface area contributed by atoms with Crippen molar-refractivity contribution in [3.63, 3.8) is 0 Å². The Hall–Kier alpha value is -1.94. The topological polar surface area (TPSA) is 34.4 Å². The van der Waals surface area contributed by atoms with Gasteiger partial charge in [-0.15, -0.1) is 11.3 Å². The average Bonchev–Trinajstić information content (AvgIpc) is 2.96. The van der Waals surface area contributed by atoms with E-state index in [1.165, 1.54) is 0 Å². The molecule has 3 heterocycles. The first-order chi connectivity index (χ1) is 7.88. The number of aromatic nitrogens is 2. The first kappa shape index (κ1) is 9.30. The number of aldehydes is 1. The minimum absolute atomic E-state index is 0.671. The fraction of sp³-hybridized carbons (Fsp3) is 0. The number of pyridine rings is 1. The number of imidazole rings is 1. The third kappa shape index (κ3) is 1.35. The zero-order chi connectivity index (χ0) is 11.0. The number of carbonyl (C=O) groups is 1. The predicted octanol–water partition coefficient (Wildman–Crippen LogP) is 2.88. The van der Waals surface area contributed by atoms with Crippen molar-refractivity contribution in [1.29, 1.82) is 0 Å². The van der Waals surface area contributed by atoms with Crippen LogP contribution in [0.4, 0.5) is 0 Å². The van der Waals surface area contributed by atoms with Crippen LogP contribution in [0.15, 0.2) is 42.0 Å². The van der Waals surface area contributed by atoms with E-state index in [2.05, 4.69) is 4.98 Å². The van der Waals surface area contributed by atoms with Crippen molar-refractivity contribution in [1.82, 2.24) is 9.38 Å². The zero-order valence-electron chi connectivity index (χ0n) is 8.33. The monoisotopic (exact) mass is 228 g/mol. The summed E-state index contributed by atoms with van der Waals surface area (Å²) in [6.45, 7) is 0. The Bertz CT molecular complexity index is 640. The van der Waals surface area contributed by atoms with E-state index in [0.29, 0.717) is 5.56 Å². The van der Waals surface area contributed by atoms with Crippen molar-refractivity contribution in [2.45, 2.75) is 0 Å². The molecule has 3 nitrogen and oxygen atoms in total. The summed E-state index contributed by atoms with van der Waals surface area (Å²) in [7, 11) is 0. The zero-order valence-corrected chi connectivity index (χ0v) is 9.15. The Labute approximate surface area is 96.0 Å². The second-order valence-electron chi connectivity index (χ2n) is 3.43. The fourth-order valence-electron chi connectivity index (χ4n) is 1.68. The summed E-state index contributed by atoms with van der Waals surface area (Å²) in [5.74, 6) is 0.919. The van der Waals surface area contributed by atoms with Crippen LogP contribution >= 0.6 is 11.3 Å². The van der Waals surface area contributed by atoms with Gasteiger partial charge in [0, 0.05) is 11.8 Å². The second kappa shape index (κ2) is 3.57. The Balaban J connectivity index is 2.25. The molecule has 78 valence electrons.